The number of ether oxygens (including phenoxy) is 1. The van der Waals surface area contributed by atoms with Gasteiger partial charge in [0.15, 0.2) is 18.1 Å². The Morgan fingerprint density at radius 1 is 1.13 bits per heavy atom. The first-order chi connectivity index (χ1) is 21.2. The van der Waals surface area contributed by atoms with Gasteiger partial charge in [0.25, 0.3) is 5.91 Å². The van der Waals surface area contributed by atoms with Crippen LogP contribution in [-0.2, 0) is 30.4 Å². The SMILES string of the molecule is COC(=O)C(Cc1ccc(O)c([NH+]([O-])O)c1)NC(=O)CON=C1C=C2CCC3C(CCC4(C)C3CCC4(O)C(C)=O)C2(C)CC1. The number of esters is 1. The molecule has 4 aliphatic rings. The summed E-state index contributed by atoms with van der Waals surface area (Å²) in [6.07, 6.45) is 8.86. The molecule has 1 aromatic rings. The van der Waals surface area contributed by atoms with E-state index in [1.807, 2.05) is 0 Å². The Bertz CT molecular complexity index is 1410. The van der Waals surface area contributed by atoms with Crippen LogP contribution in [0, 0.1) is 33.8 Å². The van der Waals surface area contributed by atoms with Gasteiger partial charge < -0.3 is 30.3 Å². The highest BCUT2D eigenvalue weighted by Gasteiger charge is 2.65. The third-order valence-corrected chi connectivity index (χ3v) is 11.6. The van der Waals surface area contributed by atoms with Crippen molar-refractivity contribution in [3.05, 3.63) is 40.6 Å². The highest BCUT2D eigenvalue weighted by molar-refractivity contribution is 5.96. The van der Waals surface area contributed by atoms with E-state index in [1.54, 1.807) is 0 Å². The Labute approximate surface area is 263 Å². The number of fused-ring (bicyclic) bond motifs is 5. The second-order valence-corrected chi connectivity index (χ2v) is 13.8. The second kappa shape index (κ2) is 12.5. The summed E-state index contributed by atoms with van der Waals surface area (Å²) >= 11 is 0. The lowest BCUT2D eigenvalue weighted by Gasteiger charge is -2.59. The largest absolute Gasteiger partial charge is 0.595 e. The number of nitrogens with one attached hydrogen (secondary N) is 2. The Morgan fingerprint density at radius 2 is 1.87 bits per heavy atom. The summed E-state index contributed by atoms with van der Waals surface area (Å²) in [6.45, 7) is 5.59. The topological polar surface area (TPSA) is 182 Å². The maximum absolute atomic E-state index is 12.7. The van der Waals surface area contributed by atoms with E-state index in [2.05, 4.69) is 30.4 Å². The Balaban J connectivity index is 1.20. The number of methoxy groups -OCH3 is 1. The van der Waals surface area contributed by atoms with Gasteiger partial charge in [0.05, 0.1) is 12.8 Å². The van der Waals surface area contributed by atoms with Gasteiger partial charge in [-0.2, -0.15) is 5.23 Å². The van der Waals surface area contributed by atoms with Crippen LogP contribution in [0.2, 0.25) is 0 Å². The van der Waals surface area contributed by atoms with E-state index in [4.69, 9.17) is 9.57 Å². The van der Waals surface area contributed by atoms with Crippen LogP contribution in [0.1, 0.15) is 77.7 Å². The number of ketones is 1. The molecule has 4 aliphatic carbocycles. The number of allylic oxidation sites excluding steroid dienone is 2. The normalized spacial score (nSPS) is 34.4. The van der Waals surface area contributed by atoms with E-state index in [9.17, 15) is 35.0 Å². The number of phenolic OH excluding ortho intramolecular Hbond substituents is 1. The first-order valence-electron chi connectivity index (χ1n) is 15.8. The van der Waals surface area contributed by atoms with Crippen LogP contribution < -0.4 is 10.5 Å². The van der Waals surface area contributed by atoms with Gasteiger partial charge >= 0.3 is 5.97 Å². The quantitative estimate of drug-likeness (QED) is 0.156. The summed E-state index contributed by atoms with van der Waals surface area (Å²) in [5.74, 6) is -0.519. The average molecular weight is 628 g/mol. The lowest BCUT2D eigenvalue weighted by atomic mass is 9.46. The van der Waals surface area contributed by atoms with E-state index in [1.165, 1.54) is 37.8 Å². The fraction of sp³-hybridized carbons (Fsp3) is 0.636. The highest BCUT2D eigenvalue weighted by Crippen LogP contribution is 2.67. The number of nitrogens with zero attached hydrogens (tertiary/aromatic N) is 1. The van der Waals surface area contributed by atoms with Crippen molar-refractivity contribution >= 4 is 29.1 Å². The molecule has 0 spiro atoms. The molecular formula is C33H45N3O9. The van der Waals surface area contributed by atoms with Gasteiger partial charge in [-0.15, -0.1) is 0 Å². The van der Waals surface area contributed by atoms with Gasteiger partial charge in [0, 0.05) is 17.9 Å². The number of quaternary nitrogens is 1. The van der Waals surface area contributed by atoms with Gasteiger partial charge in [-0.05, 0) is 99.2 Å². The van der Waals surface area contributed by atoms with Crippen molar-refractivity contribution in [3.63, 3.8) is 0 Å². The van der Waals surface area contributed by atoms with E-state index in [0.717, 1.165) is 44.2 Å². The van der Waals surface area contributed by atoms with E-state index in [0.29, 0.717) is 36.2 Å². The zero-order valence-electron chi connectivity index (χ0n) is 26.4. The van der Waals surface area contributed by atoms with Gasteiger partial charge in [0.2, 0.25) is 5.69 Å². The summed E-state index contributed by atoms with van der Waals surface area (Å²) in [5.41, 5.74) is 0.627. The zero-order valence-corrected chi connectivity index (χ0v) is 26.4. The van der Waals surface area contributed by atoms with Crippen LogP contribution in [0.5, 0.6) is 5.75 Å². The third kappa shape index (κ3) is 5.89. The van der Waals surface area contributed by atoms with E-state index >= 15 is 0 Å². The number of hydrogen-bond acceptors (Lipinski definition) is 10. The molecule has 1 amide bonds. The lowest BCUT2D eigenvalue weighted by Crippen LogP contribution is -2.99. The number of phenols is 1. The summed E-state index contributed by atoms with van der Waals surface area (Å²) in [4.78, 5) is 42.9. The summed E-state index contributed by atoms with van der Waals surface area (Å²) in [7, 11) is 1.19. The number of oxime groups is 1. The lowest BCUT2D eigenvalue weighted by molar-refractivity contribution is -0.991. The van der Waals surface area contributed by atoms with Crippen LogP contribution in [0.25, 0.3) is 0 Å². The molecule has 8 atom stereocenters. The first-order valence-corrected chi connectivity index (χ1v) is 15.8. The third-order valence-electron chi connectivity index (χ3n) is 11.6. The fourth-order valence-electron chi connectivity index (χ4n) is 9.10. The molecule has 3 saturated carbocycles. The molecule has 45 heavy (non-hydrogen) atoms. The number of benzene rings is 1. The summed E-state index contributed by atoms with van der Waals surface area (Å²) in [6, 6.07) is 2.83. The van der Waals surface area contributed by atoms with Crippen LogP contribution >= 0.6 is 0 Å². The summed E-state index contributed by atoms with van der Waals surface area (Å²) in [5, 5.41) is 47.3. The molecule has 0 radical (unpaired) electrons. The molecule has 0 aliphatic heterocycles. The van der Waals surface area contributed by atoms with Gasteiger partial charge in [-0.25, -0.2) is 10.0 Å². The first kappa shape index (κ1) is 33.1. The van der Waals surface area contributed by atoms with Crippen LogP contribution in [-0.4, -0.2) is 64.2 Å². The number of carbonyl (C=O) groups is 3. The Hall–Kier alpha value is -3.32. The molecule has 5 N–H and O–H groups in total. The van der Waals surface area contributed by atoms with E-state index in [-0.39, 0.29) is 28.7 Å². The number of hydrogen-bond donors (Lipinski definition) is 5. The molecule has 0 aromatic heterocycles. The molecule has 246 valence electrons. The standard InChI is InChI=1S/C33H45N3O9/c1-19(37)33(41)14-11-25-23-7-6-21-17-22(9-12-31(21,2)24(23)10-13-32(25,33)3)35-45-18-29(39)34-26(30(40)44-4)15-20-5-8-28(38)27(16-20)36(42)43/h5,8,16-17,23-26,36,38,41-42H,6-7,9-15,18H2,1-4H3,(H,34,39). The number of rotatable bonds is 9. The number of aromatic hydroxyl groups is 1. The molecule has 8 unspecified atom stereocenters. The molecule has 0 saturated heterocycles. The van der Waals surface area contributed by atoms with Crippen molar-refractivity contribution < 1.29 is 44.6 Å². The highest BCUT2D eigenvalue weighted by atomic mass is 16.8. The van der Waals surface area contributed by atoms with Crippen molar-refractivity contribution in [1.82, 2.24) is 5.32 Å². The summed E-state index contributed by atoms with van der Waals surface area (Å²) < 4.78 is 4.81. The van der Waals surface area contributed by atoms with Crippen molar-refractivity contribution in [2.45, 2.75) is 90.2 Å². The molecule has 3 fully saturated rings. The maximum Gasteiger partial charge on any atom is 0.328 e. The predicted molar refractivity (Wildman–Crippen MR) is 162 cm³/mol. The van der Waals surface area contributed by atoms with Crippen molar-refractivity contribution in [1.29, 1.82) is 0 Å². The molecule has 12 heteroatoms. The minimum absolute atomic E-state index is 0.0139. The second-order valence-electron chi connectivity index (χ2n) is 13.8. The minimum Gasteiger partial charge on any atom is -0.595 e. The van der Waals surface area contributed by atoms with Crippen LogP contribution in [0.4, 0.5) is 5.69 Å². The maximum atomic E-state index is 12.7. The monoisotopic (exact) mass is 627 g/mol. The van der Waals surface area contributed by atoms with Crippen molar-refractivity contribution in [2.24, 2.45) is 33.7 Å². The number of amides is 1. The molecule has 12 nitrogen and oxygen atoms in total. The van der Waals surface area contributed by atoms with Crippen LogP contribution in [0.3, 0.4) is 0 Å². The van der Waals surface area contributed by atoms with E-state index < -0.39 is 41.1 Å². The van der Waals surface area contributed by atoms with Crippen LogP contribution in [0.15, 0.2) is 35.0 Å². The smallest absolute Gasteiger partial charge is 0.328 e. The Kier molecular flexibility index (Phi) is 9.16. The Morgan fingerprint density at radius 3 is 2.56 bits per heavy atom. The number of carbonyl (C=O) groups excluding carboxylic acids is 3. The molecule has 5 rings (SSSR count). The molecular weight excluding hydrogens is 582 g/mol. The average Bonchev–Trinajstić information content (AvgIpc) is 3.28. The minimum atomic E-state index is -1.32. The number of aliphatic hydroxyl groups is 1. The predicted octanol–water partition coefficient (Wildman–Crippen LogP) is 2.65. The van der Waals surface area contributed by atoms with Crippen molar-refractivity contribution in [3.8, 4) is 5.75 Å². The van der Waals surface area contributed by atoms with Gasteiger partial charge in [0.1, 0.15) is 11.6 Å². The van der Waals surface area contributed by atoms with Crippen molar-refractivity contribution in [2.75, 3.05) is 13.7 Å². The number of Topliss-reactive ketones (excluding diaryl/α,β-unsaturated/α-hetero) is 1. The molecule has 0 bridgehead atoms. The van der Waals surface area contributed by atoms with Gasteiger partial charge in [-0.1, -0.05) is 30.6 Å². The van der Waals surface area contributed by atoms with Gasteiger partial charge in [-0.3, -0.25) is 9.59 Å². The molecule has 0 heterocycles. The zero-order chi connectivity index (χ0) is 32.7. The molecule has 1 aromatic carbocycles. The fourth-order valence-corrected chi connectivity index (χ4v) is 9.10.